The third-order valence-electron chi connectivity index (χ3n) is 5.57. The Morgan fingerprint density at radius 3 is 2.50 bits per heavy atom. The molecule has 0 aromatic rings. The summed E-state index contributed by atoms with van der Waals surface area (Å²) in [5.41, 5.74) is 0.773. The van der Waals surface area contributed by atoms with Crippen molar-refractivity contribution in [3.8, 4) is 0 Å². The van der Waals surface area contributed by atoms with Gasteiger partial charge in [0.25, 0.3) is 0 Å². The van der Waals surface area contributed by atoms with Crippen molar-refractivity contribution in [1.29, 1.82) is 0 Å². The SMILES string of the molecule is COC(OC)[C@@H]1[C@@H](C(C)C)CC=C(C)[C@@H]1C[C@H]1O[C@@]1(C)C=O. The van der Waals surface area contributed by atoms with Gasteiger partial charge in [0.05, 0.1) is 6.10 Å². The minimum absolute atomic E-state index is 0.0149. The fourth-order valence-corrected chi connectivity index (χ4v) is 3.98. The maximum atomic E-state index is 11.1. The molecule has 0 N–H and O–H groups in total. The lowest BCUT2D eigenvalue weighted by molar-refractivity contribution is -0.166. The normalized spacial score (nSPS) is 38.3. The van der Waals surface area contributed by atoms with Crippen molar-refractivity contribution in [2.24, 2.45) is 23.7 Å². The zero-order valence-electron chi connectivity index (χ0n) is 14.7. The first-order chi connectivity index (χ1) is 10.4. The minimum atomic E-state index is -0.592. The lowest BCUT2D eigenvalue weighted by Crippen LogP contribution is -2.42. The van der Waals surface area contributed by atoms with Crippen molar-refractivity contribution < 1.29 is 19.0 Å². The molecule has 0 spiro atoms. The van der Waals surface area contributed by atoms with Gasteiger partial charge in [-0.1, -0.05) is 25.5 Å². The van der Waals surface area contributed by atoms with Gasteiger partial charge in [-0.05, 0) is 44.4 Å². The van der Waals surface area contributed by atoms with Gasteiger partial charge in [-0.15, -0.1) is 0 Å². The highest BCUT2D eigenvalue weighted by Gasteiger charge is 2.55. The van der Waals surface area contributed by atoms with E-state index in [9.17, 15) is 4.79 Å². The van der Waals surface area contributed by atoms with Crippen LogP contribution in [-0.2, 0) is 19.0 Å². The number of carbonyl (C=O) groups excluding carboxylic acids is 1. The maximum Gasteiger partial charge on any atom is 0.160 e. The van der Waals surface area contributed by atoms with Crippen molar-refractivity contribution in [2.75, 3.05) is 14.2 Å². The van der Waals surface area contributed by atoms with Gasteiger partial charge in [0.15, 0.2) is 12.6 Å². The Morgan fingerprint density at radius 2 is 2.05 bits per heavy atom. The van der Waals surface area contributed by atoms with E-state index in [-0.39, 0.29) is 12.4 Å². The maximum absolute atomic E-state index is 11.1. The Hall–Kier alpha value is -0.710. The Kier molecular flexibility index (Phi) is 5.46. The summed E-state index contributed by atoms with van der Waals surface area (Å²) < 4.78 is 16.9. The summed E-state index contributed by atoms with van der Waals surface area (Å²) in [4.78, 5) is 11.1. The second-order valence-corrected chi connectivity index (χ2v) is 7.26. The predicted octanol–water partition coefficient (Wildman–Crippen LogP) is 3.21. The number of hydrogen-bond acceptors (Lipinski definition) is 4. The van der Waals surface area contributed by atoms with Crippen molar-refractivity contribution in [3.05, 3.63) is 11.6 Å². The van der Waals surface area contributed by atoms with E-state index in [4.69, 9.17) is 14.2 Å². The zero-order chi connectivity index (χ0) is 16.5. The molecule has 0 radical (unpaired) electrons. The lowest BCUT2D eigenvalue weighted by atomic mass is 9.66. The van der Waals surface area contributed by atoms with Crippen LogP contribution in [0.1, 0.15) is 40.5 Å². The van der Waals surface area contributed by atoms with E-state index in [0.29, 0.717) is 23.7 Å². The molecule has 0 bridgehead atoms. The number of ether oxygens (including phenoxy) is 3. The highest BCUT2D eigenvalue weighted by molar-refractivity contribution is 5.66. The summed E-state index contributed by atoms with van der Waals surface area (Å²) >= 11 is 0. The lowest BCUT2D eigenvalue weighted by Gasteiger charge is -2.42. The molecule has 5 atom stereocenters. The molecule has 0 aromatic carbocycles. The van der Waals surface area contributed by atoms with Crippen LogP contribution >= 0.6 is 0 Å². The first kappa shape index (κ1) is 17.6. The molecule has 0 unspecified atom stereocenters. The van der Waals surface area contributed by atoms with Gasteiger partial charge in [-0.3, -0.25) is 0 Å². The van der Waals surface area contributed by atoms with Crippen molar-refractivity contribution in [1.82, 2.24) is 0 Å². The number of carbonyl (C=O) groups is 1. The number of aldehydes is 1. The summed E-state index contributed by atoms with van der Waals surface area (Å²) in [6.07, 6.45) is 4.98. The first-order valence-electron chi connectivity index (χ1n) is 8.24. The van der Waals surface area contributed by atoms with Crippen LogP contribution in [0.5, 0.6) is 0 Å². The molecule has 4 heteroatoms. The number of epoxide rings is 1. The van der Waals surface area contributed by atoms with Crippen molar-refractivity contribution in [2.45, 2.75) is 58.5 Å². The molecule has 4 nitrogen and oxygen atoms in total. The molecule has 1 saturated heterocycles. The van der Waals surface area contributed by atoms with Gasteiger partial charge in [0.2, 0.25) is 0 Å². The van der Waals surface area contributed by atoms with Crippen LogP contribution in [0, 0.1) is 23.7 Å². The van der Waals surface area contributed by atoms with E-state index in [1.807, 2.05) is 6.92 Å². The molecular weight excluding hydrogens is 280 g/mol. The Labute approximate surface area is 134 Å². The largest absolute Gasteiger partial charge is 0.358 e. The smallest absolute Gasteiger partial charge is 0.160 e. The van der Waals surface area contributed by atoms with Gasteiger partial charge in [0, 0.05) is 20.1 Å². The van der Waals surface area contributed by atoms with Crippen LogP contribution in [0.15, 0.2) is 11.6 Å². The topological polar surface area (TPSA) is 48.1 Å². The first-order valence-corrected chi connectivity index (χ1v) is 8.24. The minimum Gasteiger partial charge on any atom is -0.358 e. The molecule has 1 aliphatic heterocycles. The van der Waals surface area contributed by atoms with E-state index in [1.54, 1.807) is 14.2 Å². The third-order valence-corrected chi connectivity index (χ3v) is 5.57. The number of allylic oxidation sites excluding steroid dienone is 2. The summed E-state index contributed by atoms with van der Waals surface area (Å²) in [7, 11) is 3.42. The molecule has 2 rings (SSSR count). The quantitative estimate of drug-likeness (QED) is 0.313. The van der Waals surface area contributed by atoms with Crippen LogP contribution < -0.4 is 0 Å². The highest BCUT2D eigenvalue weighted by atomic mass is 16.7. The van der Waals surface area contributed by atoms with Crippen LogP contribution in [0.3, 0.4) is 0 Å². The molecule has 0 aromatic heterocycles. The zero-order valence-corrected chi connectivity index (χ0v) is 14.7. The van der Waals surface area contributed by atoms with Crippen molar-refractivity contribution in [3.63, 3.8) is 0 Å². The van der Waals surface area contributed by atoms with Gasteiger partial charge in [-0.2, -0.15) is 0 Å². The van der Waals surface area contributed by atoms with Gasteiger partial charge in [0.1, 0.15) is 5.60 Å². The van der Waals surface area contributed by atoms with Crippen LogP contribution in [0.25, 0.3) is 0 Å². The highest BCUT2D eigenvalue weighted by Crippen LogP contribution is 2.48. The summed E-state index contributed by atoms with van der Waals surface area (Å²) in [6, 6.07) is 0. The number of rotatable bonds is 7. The van der Waals surface area contributed by atoms with E-state index in [0.717, 1.165) is 19.1 Å². The molecule has 0 saturated carbocycles. The summed E-state index contributed by atoms with van der Waals surface area (Å²) in [6.45, 7) is 8.56. The summed E-state index contributed by atoms with van der Waals surface area (Å²) in [5, 5.41) is 0. The fraction of sp³-hybridized carbons (Fsp3) is 0.833. The van der Waals surface area contributed by atoms with E-state index < -0.39 is 5.60 Å². The molecule has 2 aliphatic rings. The molecule has 1 aliphatic carbocycles. The van der Waals surface area contributed by atoms with Crippen LogP contribution in [0.4, 0.5) is 0 Å². The van der Waals surface area contributed by atoms with Crippen molar-refractivity contribution >= 4 is 6.29 Å². The van der Waals surface area contributed by atoms with E-state index in [1.165, 1.54) is 5.57 Å². The fourth-order valence-electron chi connectivity index (χ4n) is 3.98. The van der Waals surface area contributed by atoms with E-state index in [2.05, 4.69) is 26.8 Å². The Balaban J connectivity index is 2.23. The monoisotopic (exact) mass is 310 g/mol. The number of hydrogen-bond donors (Lipinski definition) is 0. The number of methoxy groups -OCH3 is 2. The second-order valence-electron chi connectivity index (χ2n) is 7.26. The molecule has 0 amide bonds. The van der Waals surface area contributed by atoms with Gasteiger partial charge < -0.3 is 19.0 Å². The molecule has 22 heavy (non-hydrogen) atoms. The standard InChI is InChI=1S/C18H30O4/c1-11(2)13-8-7-12(3)14(16(13)17(20-5)21-6)9-15-18(4,10-19)22-15/h7,10-11,13-17H,8-9H2,1-6H3/t13-,14+,15-,16-,18+/m1/s1. The molecular formula is C18H30O4. The predicted molar refractivity (Wildman–Crippen MR) is 85.4 cm³/mol. The van der Waals surface area contributed by atoms with Crippen LogP contribution in [0.2, 0.25) is 0 Å². The molecule has 1 fully saturated rings. The van der Waals surface area contributed by atoms with Gasteiger partial charge >= 0.3 is 0 Å². The van der Waals surface area contributed by atoms with Crippen LogP contribution in [-0.4, -0.2) is 38.5 Å². The molecule has 126 valence electrons. The van der Waals surface area contributed by atoms with E-state index >= 15 is 0 Å². The average molecular weight is 310 g/mol. The average Bonchev–Trinajstić information content (AvgIpc) is 3.14. The summed E-state index contributed by atoms with van der Waals surface area (Å²) in [5.74, 6) is 1.69. The second kappa shape index (κ2) is 6.81. The van der Waals surface area contributed by atoms with Gasteiger partial charge in [-0.25, -0.2) is 0 Å². The Bertz CT molecular complexity index is 427. The Morgan fingerprint density at radius 1 is 1.41 bits per heavy atom. The third kappa shape index (κ3) is 3.29. The molecule has 1 heterocycles.